The predicted octanol–water partition coefficient (Wildman–Crippen LogP) is 1.35. The normalized spacial score (nSPS) is 12.0. The van der Waals surface area contributed by atoms with E-state index in [1.54, 1.807) is 20.8 Å². The van der Waals surface area contributed by atoms with Crippen LogP contribution in [-0.4, -0.2) is 34.5 Å². The van der Waals surface area contributed by atoms with E-state index in [4.69, 9.17) is 10.5 Å². The van der Waals surface area contributed by atoms with Gasteiger partial charge in [0.1, 0.15) is 0 Å². The van der Waals surface area contributed by atoms with Gasteiger partial charge < -0.3 is 15.8 Å². The van der Waals surface area contributed by atoms with Crippen molar-refractivity contribution in [2.24, 2.45) is 0 Å². The van der Waals surface area contributed by atoms with Crippen LogP contribution in [0.1, 0.15) is 38.1 Å². The molecule has 1 aromatic carbocycles. The Balaban J connectivity index is 2.72. The number of urea groups is 1. The van der Waals surface area contributed by atoms with Crippen LogP contribution in [0.3, 0.4) is 0 Å². The number of esters is 1. The largest absolute Gasteiger partial charge is 0.449 e. The number of carbonyl (C=O) groups excluding carboxylic acids is 3. The van der Waals surface area contributed by atoms with Gasteiger partial charge in [0.15, 0.2) is 6.10 Å². The Morgan fingerprint density at radius 1 is 1.28 bits per heavy atom. The topological polar surface area (TPSA) is 154 Å². The molecule has 25 heavy (non-hydrogen) atoms. The minimum Gasteiger partial charge on any atom is -0.449 e. The molecule has 10 nitrogen and oxygen atoms in total. The summed E-state index contributed by atoms with van der Waals surface area (Å²) in [6.45, 7) is 6.48. The summed E-state index contributed by atoms with van der Waals surface area (Å²) in [5, 5.41) is 15.2. The zero-order chi connectivity index (χ0) is 19.4. The van der Waals surface area contributed by atoms with E-state index in [9.17, 15) is 24.5 Å². The molecule has 1 atom stereocenters. The van der Waals surface area contributed by atoms with Crippen molar-refractivity contribution in [3.05, 3.63) is 33.9 Å². The molecular formula is C15H20N4O6. The third-order valence-electron chi connectivity index (χ3n) is 2.84. The maximum Gasteiger partial charge on any atom is 0.341 e. The average Bonchev–Trinajstić information content (AvgIpc) is 2.44. The van der Waals surface area contributed by atoms with E-state index in [-0.39, 0.29) is 16.9 Å². The lowest BCUT2D eigenvalue weighted by molar-refractivity contribution is -0.384. The van der Waals surface area contributed by atoms with Gasteiger partial charge in [-0.2, -0.15) is 0 Å². The van der Waals surface area contributed by atoms with Crippen molar-refractivity contribution >= 4 is 29.3 Å². The second-order valence-electron chi connectivity index (χ2n) is 6.27. The van der Waals surface area contributed by atoms with Gasteiger partial charge in [-0.05, 0) is 33.8 Å². The van der Waals surface area contributed by atoms with Gasteiger partial charge in [0.25, 0.3) is 11.6 Å². The van der Waals surface area contributed by atoms with E-state index >= 15 is 0 Å². The third-order valence-corrected chi connectivity index (χ3v) is 2.84. The van der Waals surface area contributed by atoms with E-state index in [1.165, 1.54) is 6.92 Å². The number of nitrogens with two attached hydrogens (primary N) is 1. The Morgan fingerprint density at radius 2 is 1.88 bits per heavy atom. The van der Waals surface area contributed by atoms with Crippen molar-refractivity contribution in [1.82, 2.24) is 10.6 Å². The van der Waals surface area contributed by atoms with Gasteiger partial charge in [0, 0.05) is 17.7 Å². The minimum absolute atomic E-state index is 0.121. The highest BCUT2D eigenvalue weighted by molar-refractivity contribution is 6.00. The second-order valence-corrected chi connectivity index (χ2v) is 6.27. The van der Waals surface area contributed by atoms with Crippen molar-refractivity contribution in [2.45, 2.75) is 39.3 Å². The molecule has 0 radical (unpaired) electrons. The molecule has 0 aliphatic rings. The molecule has 136 valence electrons. The summed E-state index contributed by atoms with van der Waals surface area (Å²) in [7, 11) is 0. The van der Waals surface area contributed by atoms with Crippen LogP contribution in [0, 0.1) is 10.1 Å². The number of hydrogen-bond donors (Lipinski definition) is 3. The van der Waals surface area contributed by atoms with Gasteiger partial charge in [-0.25, -0.2) is 9.59 Å². The number of anilines is 1. The molecule has 4 N–H and O–H groups in total. The quantitative estimate of drug-likeness (QED) is 0.320. The summed E-state index contributed by atoms with van der Waals surface area (Å²) in [5.74, 6) is -1.76. The molecule has 0 saturated heterocycles. The van der Waals surface area contributed by atoms with Crippen LogP contribution < -0.4 is 16.4 Å². The van der Waals surface area contributed by atoms with Crippen LogP contribution in [0.25, 0.3) is 0 Å². The summed E-state index contributed by atoms with van der Waals surface area (Å²) in [6.07, 6.45) is -1.27. The second kappa shape index (κ2) is 7.60. The summed E-state index contributed by atoms with van der Waals surface area (Å²) >= 11 is 0. The number of non-ortho nitro benzene ring substituents is 1. The Morgan fingerprint density at radius 3 is 2.36 bits per heavy atom. The number of imide groups is 1. The fourth-order valence-corrected chi connectivity index (χ4v) is 1.71. The first kappa shape index (κ1) is 19.9. The molecule has 0 saturated carbocycles. The van der Waals surface area contributed by atoms with Gasteiger partial charge in [0.2, 0.25) is 0 Å². The van der Waals surface area contributed by atoms with E-state index in [0.717, 1.165) is 18.2 Å². The highest BCUT2D eigenvalue weighted by atomic mass is 16.6. The summed E-state index contributed by atoms with van der Waals surface area (Å²) in [6, 6.07) is 2.51. The molecule has 0 aliphatic heterocycles. The molecule has 3 amide bonds. The molecule has 0 spiro atoms. The van der Waals surface area contributed by atoms with Crippen LogP contribution in [0.2, 0.25) is 0 Å². The van der Waals surface area contributed by atoms with Crippen LogP contribution >= 0.6 is 0 Å². The number of amides is 3. The van der Waals surface area contributed by atoms with Gasteiger partial charge in [-0.3, -0.25) is 20.2 Å². The number of ether oxygens (including phenoxy) is 1. The van der Waals surface area contributed by atoms with Gasteiger partial charge in [-0.1, -0.05) is 0 Å². The Labute approximate surface area is 143 Å². The zero-order valence-corrected chi connectivity index (χ0v) is 14.3. The van der Waals surface area contributed by atoms with Crippen molar-refractivity contribution in [3.63, 3.8) is 0 Å². The van der Waals surface area contributed by atoms with Gasteiger partial charge >= 0.3 is 12.0 Å². The number of carbonyl (C=O) groups is 3. The first-order valence-electron chi connectivity index (χ1n) is 7.28. The molecule has 10 heteroatoms. The smallest absolute Gasteiger partial charge is 0.341 e. The van der Waals surface area contributed by atoms with E-state index in [2.05, 4.69) is 5.32 Å². The monoisotopic (exact) mass is 352 g/mol. The number of nitrogens with one attached hydrogen (secondary N) is 2. The third kappa shape index (κ3) is 6.09. The molecule has 0 unspecified atom stereocenters. The Kier molecular flexibility index (Phi) is 6.04. The van der Waals surface area contributed by atoms with Crippen LogP contribution in [0.4, 0.5) is 16.2 Å². The number of benzene rings is 1. The zero-order valence-electron chi connectivity index (χ0n) is 14.3. The number of hydrogen-bond acceptors (Lipinski definition) is 7. The Bertz CT molecular complexity index is 710. The Hall–Kier alpha value is -3.17. The molecule has 0 bridgehead atoms. The minimum atomic E-state index is -1.27. The molecule has 0 heterocycles. The van der Waals surface area contributed by atoms with E-state index < -0.39 is 34.5 Å². The van der Waals surface area contributed by atoms with Crippen molar-refractivity contribution in [1.29, 1.82) is 0 Å². The van der Waals surface area contributed by atoms with Crippen LogP contribution in [0.15, 0.2) is 18.2 Å². The van der Waals surface area contributed by atoms with E-state index in [0.29, 0.717) is 0 Å². The SMILES string of the molecule is C[C@H](OC(=O)c1ccc([N+](=O)[O-])cc1N)C(=O)NC(=O)NC(C)(C)C. The summed E-state index contributed by atoms with van der Waals surface area (Å²) < 4.78 is 4.93. The molecular weight excluding hydrogens is 332 g/mol. The molecule has 0 fully saturated rings. The number of nitro groups is 1. The summed E-state index contributed by atoms with van der Waals surface area (Å²) in [4.78, 5) is 45.5. The number of rotatable bonds is 4. The standard InChI is InChI=1S/C15H20N4O6/c1-8(12(20)17-14(22)18-15(2,3)4)25-13(21)10-6-5-9(19(23)24)7-11(10)16/h5-8H,16H2,1-4H3,(H2,17,18,20,22)/t8-/m0/s1. The highest BCUT2D eigenvalue weighted by Gasteiger charge is 2.24. The first-order chi connectivity index (χ1) is 11.4. The fraction of sp³-hybridized carbons (Fsp3) is 0.400. The molecule has 0 aliphatic carbocycles. The fourth-order valence-electron chi connectivity index (χ4n) is 1.71. The number of nitro benzene ring substituents is 1. The first-order valence-corrected chi connectivity index (χ1v) is 7.28. The van der Waals surface area contributed by atoms with Crippen molar-refractivity contribution in [2.75, 3.05) is 5.73 Å². The molecule has 0 aromatic heterocycles. The van der Waals surface area contributed by atoms with Crippen LogP contribution in [-0.2, 0) is 9.53 Å². The average molecular weight is 352 g/mol. The maximum atomic E-state index is 12.0. The highest BCUT2D eigenvalue weighted by Crippen LogP contribution is 2.20. The lowest BCUT2D eigenvalue weighted by Gasteiger charge is -2.21. The lowest BCUT2D eigenvalue weighted by Crippen LogP contribution is -2.50. The number of nitrogen functional groups attached to an aromatic ring is 1. The van der Waals surface area contributed by atoms with Crippen LogP contribution in [0.5, 0.6) is 0 Å². The summed E-state index contributed by atoms with van der Waals surface area (Å²) in [5.41, 5.74) is 4.49. The lowest BCUT2D eigenvalue weighted by atomic mass is 10.1. The van der Waals surface area contributed by atoms with Crippen molar-refractivity contribution < 1.29 is 24.0 Å². The van der Waals surface area contributed by atoms with Crippen molar-refractivity contribution in [3.8, 4) is 0 Å². The molecule has 1 rings (SSSR count). The maximum absolute atomic E-state index is 12.0. The van der Waals surface area contributed by atoms with E-state index in [1.807, 2.05) is 5.32 Å². The predicted molar refractivity (Wildman–Crippen MR) is 88.8 cm³/mol. The number of nitrogens with zero attached hydrogens (tertiary/aromatic N) is 1. The molecule has 1 aromatic rings. The van der Waals surface area contributed by atoms with Gasteiger partial charge in [-0.15, -0.1) is 0 Å². The van der Waals surface area contributed by atoms with Gasteiger partial charge in [0.05, 0.1) is 16.2 Å².